The average molecular weight is 280 g/mol. The number of rotatable bonds is 8. The monoisotopic (exact) mass is 280 g/mol. The minimum absolute atomic E-state index is 0.0869. The third kappa shape index (κ3) is 6.64. The number of hydrogen-bond donors (Lipinski definition) is 1. The fourth-order valence-electron chi connectivity index (χ4n) is 1.61. The molecule has 1 N–H and O–H groups in total. The molecule has 0 heterocycles. The van der Waals surface area contributed by atoms with Crippen LogP contribution in [0.15, 0.2) is 0 Å². The average Bonchev–Trinajstić information content (AvgIpc) is 2.10. The van der Waals surface area contributed by atoms with Crippen LogP contribution < -0.4 is 0 Å². The molecule has 0 bridgehead atoms. The van der Waals surface area contributed by atoms with Crippen molar-refractivity contribution in [2.24, 2.45) is 5.92 Å². The molecule has 2 atom stereocenters. The Morgan fingerprint density at radius 1 is 1.11 bits per heavy atom. The minimum Gasteiger partial charge on any atom is -0.393 e. The van der Waals surface area contributed by atoms with Gasteiger partial charge in [-0.25, -0.2) is 0 Å². The number of carbonyl (C=O) groups is 1. The van der Waals surface area contributed by atoms with Crippen molar-refractivity contribution >= 4 is 13.4 Å². The van der Waals surface area contributed by atoms with E-state index in [4.69, 9.17) is 9.05 Å². The highest BCUT2D eigenvalue weighted by Gasteiger charge is 2.35. The van der Waals surface area contributed by atoms with Crippen molar-refractivity contribution in [1.82, 2.24) is 0 Å². The molecule has 0 unspecified atom stereocenters. The zero-order chi connectivity index (χ0) is 14.5. The van der Waals surface area contributed by atoms with Crippen molar-refractivity contribution < 1.29 is 23.5 Å². The quantitative estimate of drug-likeness (QED) is 0.692. The summed E-state index contributed by atoms with van der Waals surface area (Å²) in [6.45, 7) is 9.87. The Bertz CT molecular complexity index is 298. The summed E-state index contributed by atoms with van der Waals surface area (Å²) in [6.07, 6.45) is -1.49. The lowest BCUT2D eigenvalue weighted by atomic mass is 10.0. The first-order valence-corrected chi connectivity index (χ1v) is 7.94. The smallest absolute Gasteiger partial charge is 0.331 e. The first kappa shape index (κ1) is 17.8. The van der Waals surface area contributed by atoms with Crippen molar-refractivity contribution in [2.45, 2.75) is 59.9 Å². The van der Waals surface area contributed by atoms with E-state index in [9.17, 15) is 14.5 Å². The second-order valence-electron chi connectivity index (χ2n) is 5.06. The Morgan fingerprint density at radius 2 is 1.50 bits per heavy atom. The maximum absolute atomic E-state index is 12.5. The first-order valence-electron chi connectivity index (χ1n) is 6.21. The van der Waals surface area contributed by atoms with Gasteiger partial charge in [0.1, 0.15) is 5.78 Å². The largest absolute Gasteiger partial charge is 0.393 e. The third-order valence-corrected chi connectivity index (χ3v) is 4.59. The van der Waals surface area contributed by atoms with Crippen molar-refractivity contribution in [1.29, 1.82) is 0 Å². The van der Waals surface area contributed by atoms with Crippen LogP contribution in [-0.4, -0.2) is 35.4 Å². The highest BCUT2D eigenvalue weighted by molar-refractivity contribution is 7.53. The molecule has 0 aliphatic carbocycles. The van der Waals surface area contributed by atoms with Crippen LogP contribution in [0.4, 0.5) is 0 Å². The van der Waals surface area contributed by atoms with E-state index in [2.05, 4.69) is 0 Å². The van der Waals surface area contributed by atoms with E-state index in [0.29, 0.717) is 0 Å². The van der Waals surface area contributed by atoms with E-state index < -0.39 is 19.6 Å². The van der Waals surface area contributed by atoms with Crippen LogP contribution in [0.3, 0.4) is 0 Å². The maximum atomic E-state index is 12.5. The zero-order valence-electron chi connectivity index (χ0n) is 12.0. The van der Waals surface area contributed by atoms with Gasteiger partial charge in [-0.2, -0.15) is 0 Å². The van der Waals surface area contributed by atoms with E-state index in [-0.39, 0.29) is 24.2 Å². The van der Waals surface area contributed by atoms with Crippen LogP contribution in [0.2, 0.25) is 0 Å². The molecule has 18 heavy (non-hydrogen) atoms. The Labute approximate surface area is 109 Å². The van der Waals surface area contributed by atoms with Crippen molar-refractivity contribution in [2.75, 3.05) is 6.16 Å². The molecule has 0 saturated heterocycles. The summed E-state index contributed by atoms with van der Waals surface area (Å²) in [5.74, 6) is -0.946. The Balaban J connectivity index is 4.97. The second kappa shape index (κ2) is 7.39. The SMILES string of the molecule is CC(=O)[C@@H](CP(=O)(OC(C)C)OC(C)C)[C@@H](C)O. The van der Waals surface area contributed by atoms with E-state index in [1.54, 1.807) is 27.7 Å². The number of aliphatic hydroxyl groups is 1. The molecule has 0 fully saturated rings. The lowest BCUT2D eigenvalue weighted by molar-refractivity contribution is -0.123. The number of Topliss-reactive ketones (excluding diaryl/α,β-unsaturated/α-hetero) is 1. The predicted molar refractivity (Wildman–Crippen MR) is 70.8 cm³/mol. The summed E-state index contributed by atoms with van der Waals surface area (Å²) in [4.78, 5) is 11.4. The summed E-state index contributed by atoms with van der Waals surface area (Å²) in [7, 11) is -3.38. The second-order valence-corrected chi connectivity index (χ2v) is 7.07. The molecule has 0 radical (unpaired) electrons. The van der Waals surface area contributed by atoms with Gasteiger partial charge in [-0.15, -0.1) is 0 Å². The number of carbonyl (C=O) groups excluding carboxylic acids is 1. The fraction of sp³-hybridized carbons (Fsp3) is 0.917. The highest BCUT2D eigenvalue weighted by atomic mass is 31.2. The molecule has 0 rings (SSSR count). The number of aliphatic hydroxyl groups excluding tert-OH is 1. The molecule has 108 valence electrons. The van der Waals surface area contributed by atoms with E-state index in [1.807, 2.05) is 0 Å². The normalized spacial score (nSPS) is 16.1. The molecule has 0 aliphatic rings. The van der Waals surface area contributed by atoms with Gasteiger partial charge in [0.15, 0.2) is 0 Å². The van der Waals surface area contributed by atoms with Gasteiger partial charge in [0.25, 0.3) is 0 Å². The summed E-state index contributed by atoms with van der Waals surface area (Å²) in [6, 6.07) is 0. The van der Waals surface area contributed by atoms with Gasteiger partial charge in [0.05, 0.1) is 30.4 Å². The van der Waals surface area contributed by atoms with Crippen molar-refractivity contribution in [3.63, 3.8) is 0 Å². The van der Waals surface area contributed by atoms with Gasteiger partial charge < -0.3 is 14.2 Å². The summed E-state index contributed by atoms with van der Waals surface area (Å²) in [5, 5.41) is 9.56. The molecule has 0 saturated carbocycles. The van der Waals surface area contributed by atoms with E-state index >= 15 is 0 Å². The van der Waals surface area contributed by atoms with Gasteiger partial charge in [-0.3, -0.25) is 9.36 Å². The molecule has 0 aromatic carbocycles. The summed E-state index contributed by atoms with van der Waals surface area (Å²) >= 11 is 0. The van der Waals surface area contributed by atoms with Crippen LogP contribution in [0.25, 0.3) is 0 Å². The molecule has 0 aromatic heterocycles. The lowest BCUT2D eigenvalue weighted by Crippen LogP contribution is -2.29. The summed E-state index contributed by atoms with van der Waals surface area (Å²) in [5.41, 5.74) is 0. The maximum Gasteiger partial charge on any atom is 0.331 e. The van der Waals surface area contributed by atoms with E-state index in [0.717, 1.165) is 0 Å². The Kier molecular flexibility index (Phi) is 7.30. The topological polar surface area (TPSA) is 72.8 Å². The molecular weight excluding hydrogens is 255 g/mol. The molecule has 0 aromatic rings. The van der Waals surface area contributed by atoms with Crippen molar-refractivity contribution in [3.05, 3.63) is 0 Å². The minimum atomic E-state index is -3.38. The van der Waals surface area contributed by atoms with Crippen molar-refractivity contribution in [3.8, 4) is 0 Å². The standard InChI is InChI=1S/C12H25O5P/c1-8(2)16-18(15,17-9(3)4)7-12(10(5)13)11(6)14/h8-10,12-13H,7H2,1-6H3/t10-,12+/m1/s1. The molecule has 0 amide bonds. The van der Waals surface area contributed by atoms with Crippen LogP contribution in [0.5, 0.6) is 0 Å². The van der Waals surface area contributed by atoms with Gasteiger partial charge >= 0.3 is 7.60 Å². The zero-order valence-corrected chi connectivity index (χ0v) is 12.9. The highest BCUT2D eigenvalue weighted by Crippen LogP contribution is 2.52. The fourth-order valence-corrected chi connectivity index (χ4v) is 4.17. The number of ketones is 1. The van der Waals surface area contributed by atoms with Gasteiger partial charge in [-0.05, 0) is 41.5 Å². The molecular formula is C12H25O5P. The molecule has 0 aliphatic heterocycles. The van der Waals surface area contributed by atoms with E-state index in [1.165, 1.54) is 13.8 Å². The van der Waals surface area contributed by atoms with Crippen LogP contribution in [0.1, 0.15) is 41.5 Å². The third-order valence-electron chi connectivity index (χ3n) is 2.27. The molecule has 6 heteroatoms. The molecule has 5 nitrogen and oxygen atoms in total. The van der Waals surface area contributed by atoms with Crippen LogP contribution in [-0.2, 0) is 18.4 Å². The lowest BCUT2D eigenvalue weighted by Gasteiger charge is -2.26. The van der Waals surface area contributed by atoms with Gasteiger partial charge in [-0.1, -0.05) is 0 Å². The summed E-state index contributed by atoms with van der Waals surface area (Å²) < 4.78 is 23.2. The van der Waals surface area contributed by atoms with Gasteiger partial charge in [0, 0.05) is 0 Å². The Morgan fingerprint density at radius 3 is 1.72 bits per heavy atom. The number of hydrogen-bond acceptors (Lipinski definition) is 5. The van der Waals surface area contributed by atoms with Gasteiger partial charge in [0.2, 0.25) is 0 Å². The Hall–Kier alpha value is -0.220. The predicted octanol–water partition coefficient (Wildman–Crippen LogP) is 2.62. The molecule has 0 spiro atoms. The first-order chi connectivity index (χ1) is 8.07. The van der Waals surface area contributed by atoms with Crippen LogP contribution >= 0.6 is 7.60 Å². The van der Waals surface area contributed by atoms with Crippen LogP contribution in [0, 0.1) is 5.92 Å².